The number of phenolic OH excluding ortho intramolecular Hbond substituents is 6. The third-order valence-electron chi connectivity index (χ3n) is 9.12. The van der Waals surface area contributed by atoms with Crippen molar-refractivity contribution in [1.29, 1.82) is 0 Å². The third kappa shape index (κ3) is 3.78. The SMILES string of the molecule is CC1=CC2c3c(cc4oc(-c5ccc(O)cc5O)cc(=O)c4c3O)OC3(c4ccc(O)cc4O)Oc4cc(O)ccc4C(C1)C23. The number of aromatic hydroxyl groups is 6. The van der Waals surface area contributed by atoms with Gasteiger partial charge in [-0.1, -0.05) is 17.7 Å². The predicted octanol–water partition coefficient (Wildman–Crippen LogP) is 6.17. The van der Waals surface area contributed by atoms with Crippen LogP contribution in [0.1, 0.15) is 41.9 Å². The summed E-state index contributed by atoms with van der Waals surface area (Å²) in [5.41, 5.74) is 1.96. The zero-order valence-electron chi connectivity index (χ0n) is 23.7. The van der Waals surface area contributed by atoms with Gasteiger partial charge in [0, 0.05) is 47.7 Å². The molecule has 0 bridgehead atoms. The number of fused-ring (bicyclic) bond motifs is 5. The molecule has 6 N–H and O–H groups in total. The maximum atomic E-state index is 13.5. The van der Waals surface area contributed by atoms with E-state index in [0.29, 0.717) is 17.7 Å². The molecule has 1 aliphatic carbocycles. The van der Waals surface area contributed by atoms with E-state index in [0.717, 1.165) is 17.2 Å². The second-order valence-corrected chi connectivity index (χ2v) is 11.9. The summed E-state index contributed by atoms with van der Waals surface area (Å²) in [5.74, 6) is -3.90. The highest BCUT2D eigenvalue weighted by atomic mass is 16.7. The lowest BCUT2D eigenvalue weighted by Gasteiger charge is -2.55. The van der Waals surface area contributed by atoms with Gasteiger partial charge in [0.25, 0.3) is 5.79 Å². The van der Waals surface area contributed by atoms with E-state index in [1.165, 1.54) is 48.5 Å². The van der Waals surface area contributed by atoms with Crippen molar-refractivity contribution in [2.75, 3.05) is 0 Å². The van der Waals surface area contributed by atoms with E-state index in [1.807, 2.05) is 13.0 Å². The number of allylic oxidation sites excluding steroid dienone is 2. The van der Waals surface area contributed by atoms with Gasteiger partial charge in [0.1, 0.15) is 62.7 Å². The maximum Gasteiger partial charge on any atom is 0.285 e. The first kappa shape index (κ1) is 26.8. The molecule has 0 spiro atoms. The molecule has 45 heavy (non-hydrogen) atoms. The van der Waals surface area contributed by atoms with Crippen molar-refractivity contribution in [2.24, 2.45) is 5.92 Å². The summed E-state index contributed by atoms with van der Waals surface area (Å²) in [6.07, 6.45) is 2.59. The first-order valence-corrected chi connectivity index (χ1v) is 14.3. The van der Waals surface area contributed by atoms with Gasteiger partial charge in [0.15, 0.2) is 5.43 Å². The molecule has 10 heteroatoms. The summed E-state index contributed by atoms with van der Waals surface area (Å²) in [5, 5.41) is 63.6. The Kier molecular flexibility index (Phi) is 5.44. The van der Waals surface area contributed by atoms with Crippen molar-refractivity contribution < 1.29 is 44.5 Å². The summed E-state index contributed by atoms with van der Waals surface area (Å²) in [7, 11) is 0. The van der Waals surface area contributed by atoms with Crippen LogP contribution in [-0.4, -0.2) is 30.6 Å². The molecular weight excluding hydrogens is 580 g/mol. The molecule has 0 fully saturated rings. The molecule has 4 unspecified atom stereocenters. The van der Waals surface area contributed by atoms with Crippen LogP contribution in [0.5, 0.6) is 46.0 Å². The molecule has 8 rings (SSSR count). The van der Waals surface area contributed by atoms with Crippen LogP contribution in [0.3, 0.4) is 0 Å². The lowest BCUT2D eigenvalue weighted by molar-refractivity contribution is -0.198. The van der Waals surface area contributed by atoms with Crippen LogP contribution >= 0.6 is 0 Å². The van der Waals surface area contributed by atoms with Crippen LogP contribution in [-0.2, 0) is 5.79 Å². The standard InChI is InChI=1S/C35H26O10/c1-15-8-21-19-5-2-18(38)12-28(19)44-35(23-7-4-17(37)11-25(23)40)33(21)22(9-15)31-30(45-35)14-29-32(34(31)42)26(41)13-27(43-29)20-6-3-16(36)10-24(20)39/h2-7,9-14,21-22,33,36-40,42H,8H2,1H3. The Hall–Kier alpha value is -5.77. The van der Waals surface area contributed by atoms with Gasteiger partial charge in [0.05, 0.1) is 17.0 Å². The van der Waals surface area contributed by atoms with E-state index in [2.05, 4.69) is 0 Å². The lowest BCUT2D eigenvalue weighted by Crippen LogP contribution is -2.56. The minimum absolute atomic E-state index is 0.00396. The lowest BCUT2D eigenvalue weighted by atomic mass is 9.61. The molecule has 226 valence electrons. The monoisotopic (exact) mass is 606 g/mol. The van der Waals surface area contributed by atoms with Crippen LogP contribution in [0.4, 0.5) is 0 Å². The molecule has 2 aliphatic heterocycles. The molecule has 3 aliphatic rings. The largest absolute Gasteiger partial charge is 0.508 e. The summed E-state index contributed by atoms with van der Waals surface area (Å²) in [6, 6.07) is 15.4. The van der Waals surface area contributed by atoms with Gasteiger partial charge in [-0.25, -0.2) is 0 Å². The summed E-state index contributed by atoms with van der Waals surface area (Å²) in [4.78, 5) is 13.5. The number of benzene rings is 4. The van der Waals surface area contributed by atoms with Crippen LogP contribution in [0.25, 0.3) is 22.3 Å². The summed E-state index contributed by atoms with van der Waals surface area (Å²) in [6.45, 7) is 1.98. The van der Waals surface area contributed by atoms with E-state index in [4.69, 9.17) is 13.9 Å². The molecule has 5 aromatic rings. The van der Waals surface area contributed by atoms with E-state index in [-0.39, 0.29) is 74.0 Å². The van der Waals surface area contributed by atoms with Crippen LogP contribution in [0, 0.1) is 5.92 Å². The maximum absolute atomic E-state index is 13.5. The molecule has 0 amide bonds. The molecule has 4 aromatic carbocycles. The van der Waals surface area contributed by atoms with E-state index < -0.39 is 23.1 Å². The Morgan fingerprint density at radius 3 is 2.22 bits per heavy atom. The smallest absolute Gasteiger partial charge is 0.285 e. The fraction of sp³-hybridized carbons (Fsp3) is 0.171. The van der Waals surface area contributed by atoms with Crippen molar-refractivity contribution in [3.63, 3.8) is 0 Å². The fourth-order valence-corrected chi connectivity index (χ4v) is 7.34. The van der Waals surface area contributed by atoms with Crippen LogP contribution < -0.4 is 14.9 Å². The molecule has 3 heterocycles. The number of ether oxygens (including phenoxy) is 2. The van der Waals surface area contributed by atoms with E-state index in [1.54, 1.807) is 12.1 Å². The Labute approximate surface area is 254 Å². The zero-order valence-corrected chi connectivity index (χ0v) is 23.7. The van der Waals surface area contributed by atoms with Gasteiger partial charge in [-0.3, -0.25) is 4.79 Å². The van der Waals surface area contributed by atoms with E-state index in [9.17, 15) is 35.4 Å². The van der Waals surface area contributed by atoms with Crippen molar-refractivity contribution in [3.05, 3.63) is 105 Å². The van der Waals surface area contributed by atoms with Crippen LogP contribution in [0.2, 0.25) is 0 Å². The highest BCUT2D eigenvalue weighted by Crippen LogP contribution is 2.65. The molecule has 0 saturated carbocycles. The van der Waals surface area contributed by atoms with Gasteiger partial charge in [-0.2, -0.15) is 0 Å². The molecule has 4 atom stereocenters. The average molecular weight is 607 g/mol. The normalized spacial score (nSPS) is 22.8. The third-order valence-corrected chi connectivity index (χ3v) is 9.12. The molecular formula is C35H26O10. The number of rotatable bonds is 2. The highest BCUT2D eigenvalue weighted by Gasteiger charge is 2.62. The highest BCUT2D eigenvalue weighted by molar-refractivity contribution is 5.89. The zero-order chi connectivity index (χ0) is 31.4. The van der Waals surface area contributed by atoms with Crippen molar-refractivity contribution in [2.45, 2.75) is 31.0 Å². The fourth-order valence-electron chi connectivity index (χ4n) is 7.34. The Bertz CT molecular complexity index is 2180. The topological polar surface area (TPSA) is 170 Å². The van der Waals surface area contributed by atoms with E-state index >= 15 is 0 Å². The average Bonchev–Trinajstić information content (AvgIpc) is 2.96. The Morgan fingerprint density at radius 1 is 0.778 bits per heavy atom. The Morgan fingerprint density at radius 2 is 1.47 bits per heavy atom. The van der Waals surface area contributed by atoms with Crippen molar-refractivity contribution in [1.82, 2.24) is 0 Å². The minimum atomic E-state index is -1.70. The number of hydrogen-bond donors (Lipinski definition) is 6. The molecule has 10 nitrogen and oxygen atoms in total. The van der Waals surface area contributed by atoms with Gasteiger partial charge >= 0.3 is 0 Å². The molecule has 0 radical (unpaired) electrons. The summed E-state index contributed by atoms with van der Waals surface area (Å²) < 4.78 is 19.4. The molecule has 1 aromatic heterocycles. The van der Waals surface area contributed by atoms with Gasteiger partial charge < -0.3 is 44.5 Å². The van der Waals surface area contributed by atoms with Crippen molar-refractivity contribution in [3.8, 4) is 57.3 Å². The first-order chi connectivity index (χ1) is 21.5. The minimum Gasteiger partial charge on any atom is -0.508 e. The number of hydrogen-bond acceptors (Lipinski definition) is 10. The van der Waals surface area contributed by atoms with Gasteiger partial charge in [-0.15, -0.1) is 0 Å². The molecule has 0 saturated heterocycles. The van der Waals surface area contributed by atoms with Gasteiger partial charge in [0.2, 0.25) is 0 Å². The van der Waals surface area contributed by atoms with Gasteiger partial charge in [-0.05, 0) is 49.2 Å². The summed E-state index contributed by atoms with van der Waals surface area (Å²) >= 11 is 0. The predicted molar refractivity (Wildman–Crippen MR) is 161 cm³/mol. The van der Waals surface area contributed by atoms with Crippen LogP contribution in [0.15, 0.2) is 87.6 Å². The number of phenols is 6. The second-order valence-electron chi connectivity index (χ2n) is 11.9. The quantitative estimate of drug-likeness (QED) is 0.128. The first-order valence-electron chi connectivity index (χ1n) is 14.3. The Balaban J connectivity index is 1.42. The van der Waals surface area contributed by atoms with Crippen molar-refractivity contribution >= 4 is 11.0 Å². The second kappa shape index (κ2) is 9.12.